The third kappa shape index (κ3) is 6.53. The van der Waals surface area contributed by atoms with Gasteiger partial charge in [0, 0.05) is 44.8 Å². The lowest BCUT2D eigenvalue weighted by atomic mass is 10.2. The first-order valence-corrected chi connectivity index (χ1v) is 12.2. The fraction of sp³-hybridized carbons (Fsp3) is 0.435. The maximum atomic E-state index is 12.7. The summed E-state index contributed by atoms with van der Waals surface area (Å²) in [5.41, 5.74) is 0.599. The van der Waals surface area contributed by atoms with Crippen LogP contribution < -0.4 is 10.1 Å². The van der Waals surface area contributed by atoms with Gasteiger partial charge in [0.15, 0.2) is 0 Å². The third-order valence-corrected chi connectivity index (χ3v) is 7.22. The van der Waals surface area contributed by atoms with Crippen LogP contribution in [0, 0.1) is 0 Å². The number of amides is 1. The first-order valence-electron chi connectivity index (χ1n) is 10.8. The maximum Gasteiger partial charge on any atom is 0.251 e. The summed E-state index contributed by atoms with van der Waals surface area (Å²) in [4.78, 5) is 14.8. The molecule has 1 aliphatic heterocycles. The summed E-state index contributed by atoms with van der Waals surface area (Å²) in [6.45, 7) is 6.18. The second-order valence-electron chi connectivity index (χ2n) is 7.54. The molecular weight excluding hydrogens is 414 g/mol. The van der Waals surface area contributed by atoms with E-state index in [1.807, 2.05) is 12.1 Å². The second-order valence-corrected chi connectivity index (χ2v) is 9.48. The van der Waals surface area contributed by atoms with Crippen LogP contribution >= 0.6 is 0 Å². The summed E-state index contributed by atoms with van der Waals surface area (Å²) in [5.74, 6) is 0.652. The molecule has 1 saturated heterocycles. The van der Waals surface area contributed by atoms with Crippen molar-refractivity contribution in [3.05, 3.63) is 60.2 Å². The van der Waals surface area contributed by atoms with Gasteiger partial charge in [-0.2, -0.15) is 4.31 Å². The Bertz CT molecular complexity index is 925. The zero-order valence-electron chi connectivity index (χ0n) is 18.0. The molecule has 0 aromatic heterocycles. The van der Waals surface area contributed by atoms with Crippen molar-refractivity contribution < 1.29 is 17.9 Å². The van der Waals surface area contributed by atoms with Crippen molar-refractivity contribution in [3.8, 4) is 5.75 Å². The van der Waals surface area contributed by atoms with Crippen LogP contribution in [0.1, 0.15) is 30.1 Å². The Kier molecular flexibility index (Phi) is 8.45. The van der Waals surface area contributed by atoms with E-state index >= 15 is 0 Å². The van der Waals surface area contributed by atoms with Crippen LogP contribution in [-0.4, -0.2) is 69.4 Å². The lowest BCUT2D eigenvalue weighted by molar-refractivity contribution is 0.0945. The van der Waals surface area contributed by atoms with Gasteiger partial charge in [0.1, 0.15) is 5.75 Å². The Morgan fingerprint density at radius 2 is 1.68 bits per heavy atom. The Hall–Kier alpha value is -2.42. The lowest BCUT2D eigenvalue weighted by Gasteiger charge is -2.33. The minimum atomic E-state index is -3.44. The Balaban J connectivity index is 1.39. The molecule has 31 heavy (non-hydrogen) atoms. The summed E-state index contributed by atoms with van der Waals surface area (Å²) < 4.78 is 32.5. The van der Waals surface area contributed by atoms with Gasteiger partial charge >= 0.3 is 0 Å². The van der Waals surface area contributed by atoms with E-state index in [4.69, 9.17) is 4.74 Å². The number of sulfonamides is 1. The van der Waals surface area contributed by atoms with Crippen molar-refractivity contribution >= 4 is 15.9 Å². The van der Waals surface area contributed by atoms with Crippen molar-refractivity contribution in [2.24, 2.45) is 0 Å². The highest BCUT2D eigenvalue weighted by Crippen LogP contribution is 2.17. The Morgan fingerprint density at radius 3 is 2.32 bits per heavy atom. The van der Waals surface area contributed by atoms with Crippen LogP contribution in [0.25, 0.3) is 0 Å². The number of unbranched alkanes of at least 4 members (excludes halogenated alkanes) is 1. The van der Waals surface area contributed by atoms with Crippen LogP contribution in [0.2, 0.25) is 0 Å². The molecule has 1 N–H and O–H groups in total. The molecule has 168 valence electrons. The minimum Gasteiger partial charge on any atom is -0.494 e. The molecule has 8 heteroatoms. The molecule has 0 unspecified atom stereocenters. The number of hydrogen-bond acceptors (Lipinski definition) is 5. The standard InChI is InChI=1S/C23H31N3O4S/c1-2-3-19-30-21-11-9-20(10-12-21)23(27)24-13-14-25-15-17-26(18-16-25)31(28,29)22-7-5-4-6-8-22/h4-12H,2-3,13-19H2,1H3,(H,24,27). The molecule has 0 aliphatic carbocycles. The highest BCUT2D eigenvalue weighted by Gasteiger charge is 2.28. The second kappa shape index (κ2) is 11.3. The number of piperazine rings is 1. The topological polar surface area (TPSA) is 79.0 Å². The molecule has 2 aromatic rings. The van der Waals surface area contributed by atoms with Gasteiger partial charge < -0.3 is 10.1 Å². The predicted octanol–water partition coefficient (Wildman–Crippen LogP) is 2.60. The number of hydrogen-bond donors (Lipinski definition) is 1. The molecule has 0 saturated carbocycles. The average molecular weight is 446 g/mol. The molecule has 0 bridgehead atoms. The first kappa shape index (κ1) is 23.2. The third-order valence-electron chi connectivity index (χ3n) is 5.31. The number of carbonyl (C=O) groups excluding carboxylic acids is 1. The van der Waals surface area contributed by atoms with Gasteiger partial charge in [0.25, 0.3) is 5.91 Å². The summed E-state index contributed by atoms with van der Waals surface area (Å²) in [5, 5.41) is 2.93. The zero-order valence-corrected chi connectivity index (χ0v) is 18.8. The molecule has 2 aromatic carbocycles. The summed E-state index contributed by atoms with van der Waals surface area (Å²) in [7, 11) is -3.44. The zero-order chi connectivity index (χ0) is 22.1. The average Bonchev–Trinajstić information content (AvgIpc) is 2.80. The van der Waals surface area contributed by atoms with Crippen LogP contribution in [-0.2, 0) is 10.0 Å². The van der Waals surface area contributed by atoms with E-state index < -0.39 is 10.0 Å². The van der Waals surface area contributed by atoms with E-state index in [1.165, 1.54) is 4.31 Å². The highest BCUT2D eigenvalue weighted by molar-refractivity contribution is 7.89. The number of benzene rings is 2. The van der Waals surface area contributed by atoms with Gasteiger partial charge in [-0.15, -0.1) is 0 Å². The minimum absolute atomic E-state index is 0.120. The summed E-state index contributed by atoms with van der Waals surface area (Å²) >= 11 is 0. The monoisotopic (exact) mass is 445 g/mol. The van der Waals surface area contributed by atoms with Crippen molar-refractivity contribution in [3.63, 3.8) is 0 Å². The largest absolute Gasteiger partial charge is 0.494 e. The molecule has 3 rings (SSSR count). The van der Waals surface area contributed by atoms with Crippen molar-refractivity contribution in [1.29, 1.82) is 0 Å². The van der Waals surface area contributed by atoms with E-state index in [-0.39, 0.29) is 5.91 Å². The summed E-state index contributed by atoms with van der Waals surface area (Å²) in [6.07, 6.45) is 2.09. The number of ether oxygens (including phenoxy) is 1. The quantitative estimate of drug-likeness (QED) is 0.569. The van der Waals surface area contributed by atoms with Gasteiger partial charge in [-0.05, 0) is 42.8 Å². The van der Waals surface area contributed by atoms with E-state index in [0.29, 0.717) is 56.3 Å². The van der Waals surface area contributed by atoms with E-state index in [9.17, 15) is 13.2 Å². The fourth-order valence-electron chi connectivity index (χ4n) is 3.40. The molecular formula is C23H31N3O4S. The van der Waals surface area contributed by atoms with Gasteiger partial charge in [0.05, 0.1) is 11.5 Å². The highest BCUT2D eigenvalue weighted by atomic mass is 32.2. The number of carbonyl (C=O) groups is 1. The molecule has 0 radical (unpaired) electrons. The van der Waals surface area contributed by atoms with Gasteiger partial charge in [-0.25, -0.2) is 8.42 Å². The fourth-order valence-corrected chi connectivity index (χ4v) is 4.84. The van der Waals surface area contributed by atoms with E-state index in [2.05, 4.69) is 17.1 Å². The smallest absolute Gasteiger partial charge is 0.251 e. The van der Waals surface area contributed by atoms with E-state index in [1.54, 1.807) is 42.5 Å². The maximum absolute atomic E-state index is 12.7. The first-order chi connectivity index (χ1) is 15.0. The Labute approximate surface area is 185 Å². The van der Waals surface area contributed by atoms with Crippen molar-refractivity contribution in [2.75, 3.05) is 45.9 Å². The Morgan fingerprint density at radius 1 is 1.00 bits per heavy atom. The van der Waals surface area contributed by atoms with Crippen LogP contribution in [0.4, 0.5) is 0 Å². The predicted molar refractivity (Wildman–Crippen MR) is 121 cm³/mol. The summed E-state index contributed by atoms with van der Waals surface area (Å²) in [6, 6.07) is 15.7. The molecule has 1 amide bonds. The van der Waals surface area contributed by atoms with Gasteiger partial charge in [-0.3, -0.25) is 9.69 Å². The van der Waals surface area contributed by atoms with Crippen LogP contribution in [0.5, 0.6) is 5.75 Å². The van der Waals surface area contributed by atoms with E-state index in [0.717, 1.165) is 18.6 Å². The molecule has 0 spiro atoms. The van der Waals surface area contributed by atoms with Crippen molar-refractivity contribution in [1.82, 2.24) is 14.5 Å². The van der Waals surface area contributed by atoms with Gasteiger partial charge in [0.2, 0.25) is 10.0 Å². The molecule has 1 fully saturated rings. The number of rotatable bonds is 10. The van der Waals surface area contributed by atoms with Crippen LogP contribution in [0.3, 0.4) is 0 Å². The molecule has 7 nitrogen and oxygen atoms in total. The normalized spacial score (nSPS) is 15.5. The number of nitrogens with zero attached hydrogens (tertiary/aromatic N) is 2. The molecule has 1 aliphatic rings. The molecule has 1 heterocycles. The van der Waals surface area contributed by atoms with Crippen LogP contribution in [0.15, 0.2) is 59.5 Å². The lowest BCUT2D eigenvalue weighted by Crippen LogP contribution is -2.50. The molecule has 0 atom stereocenters. The van der Waals surface area contributed by atoms with Gasteiger partial charge in [-0.1, -0.05) is 31.5 Å². The van der Waals surface area contributed by atoms with Crippen molar-refractivity contribution in [2.45, 2.75) is 24.7 Å². The SMILES string of the molecule is CCCCOc1ccc(C(=O)NCCN2CCN(S(=O)(=O)c3ccccc3)CC2)cc1. The number of nitrogens with one attached hydrogen (secondary N) is 1.